The van der Waals surface area contributed by atoms with Gasteiger partial charge in [0.1, 0.15) is 5.03 Å². The minimum atomic E-state index is -0.344. The predicted octanol–water partition coefficient (Wildman–Crippen LogP) is 3.03. The number of hydrogen-bond donors (Lipinski definition) is 2. The van der Waals surface area contributed by atoms with Gasteiger partial charge in [-0.05, 0) is 43.9 Å². The van der Waals surface area contributed by atoms with Gasteiger partial charge in [-0.25, -0.2) is 4.79 Å². The molecule has 0 aliphatic heterocycles. The Bertz CT molecular complexity index is 791. The summed E-state index contributed by atoms with van der Waals surface area (Å²) in [5.74, 6) is 0.0546. The van der Waals surface area contributed by atoms with Crippen LogP contribution in [0.3, 0.4) is 0 Å². The first-order valence-electron chi connectivity index (χ1n) is 7.42. The molecule has 2 aromatic rings. The van der Waals surface area contributed by atoms with E-state index in [1.165, 1.54) is 11.8 Å². The summed E-state index contributed by atoms with van der Waals surface area (Å²) in [5.41, 5.74) is 2.36. The van der Waals surface area contributed by atoms with Gasteiger partial charge in [0.15, 0.2) is 0 Å². The van der Waals surface area contributed by atoms with E-state index in [1.807, 2.05) is 0 Å². The molecule has 0 atom stereocenters. The number of anilines is 1. The summed E-state index contributed by atoms with van der Waals surface area (Å²) in [5, 5.41) is 4.03. The van der Waals surface area contributed by atoms with Gasteiger partial charge in [-0.2, -0.15) is 4.98 Å². The number of thioether (sulfide) groups is 1. The maximum absolute atomic E-state index is 12.1. The Kier molecular flexibility index (Phi) is 5.03. The Hall–Kier alpha value is -1.79. The maximum Gasteiger partial charge on any atom is 0.346 e. The van der Waals surface area contributed by atoms with Gasteiger partial charge in [0.05, 0.1) is 5.75 Å². The number of nitrogens with one attached hydrogen (secondary N) is 2. The molecule has 0 spiro atoms. The van der Waals surface area contributed by atoms with Crippen LogP contribution < -0.4 is 11.0 Å². The average Bonchev–Trinajstić information content (AvgIpc) is 2.52. The third-order valence-electron chi connectivity index (χ3n) is 3.64. The van der Waals surface area contributed by atoms with Crippen molar-refractivity contribution in [3.63, 3.8) is 0 Å². The van der Waals surface area contributed by atoms with E-state index in [9.17, 15) is 9.59 Å². The molecule has 0 saturated heterocycles. The van der Waals surface area contributed by atoms with Crippen molar-refractivity contribution in [1.29, 1.82) is 0 Å². The van der Waals surface area contributed by atoms with Crippen molar-refractivity contribution in [3.05, 3.63) is 51.0 Å². The number of benzene rings is 1. The minimum absolute atomic E-state index is 0.149. The van der Waals surface area contributed by atoms with E-state index >= 15 is 0 Å². The van der Waals surface area contributed by atoms with Gasteiger partial charge >= 0.3 is 5.69 Å². The smallest absolute Gasteiger partial charge is 0.325 e. The van der Waals surface area contributed by atoms with Crippen LogP contribution in [0.25, 0.3) is 0 Å². The molecule has 3 rings (SSSR count). The van der Waals surface area contributed by atoms with Crippen molar-refractivity contribution < 1.29 is 4.79 Å². The van der Waals surface area contributed by atoms with Crippen molar-refractivity contribution in [2.24, 2.45) is 0 Å². The number of carbonyl (C=O) groups is 1. The van der Waals surface area contributed by atoms with Gasteiger partial charge in [-0.1, -0.05) is 29.4 Å². The second kappa shape index (κ2) is 7.19. The topological polar surface area (TPSA) is 74.8 Å². The molecule has 0 bridgehead atoms. The van der Waals surface area contributed by atoms with E-state index in [0.29, 0.717) is 15.7 Å². The number of amides is 1. The zero-order valence-electron chi connectivity index (χ0n) is 12.4. The van der Waals surface area contributed by atoms with Gasteiger partial charge in [-0.15, -0.1) is 0 Å². The van der Waals surface area contributed by atoms with Crippen molar-refractivity contribution in [3.8, 4) is 0 Å². The van der Waals surface area contributed by atoms with E-state index < -0.39 is 0 Å². The van der Waals surface area contributed by atoms with Crippen molar-refractivity contribution in [1.82, 2.24) is 9.97 Å². The maximum atomic E-state index is 12.1. The lowest BCUT2D eigenvalue weighted by Crippen LogP contribution is -2.20. The molecular formula is C16H16ClN3O2S. The summed E-state index contributed by atoms with van der Waals surface area (Å²) >= 11 is 7.20. The normalized spacial score (nSPS) is 13.4. The van der Waals surface area contributed by atoms with Crippen molar-refractivity contribution >= 4 is 35.0 Å². The first-order chi connectivity index (χ1) is 11.1. The van der Waals surface area contributed by atoms with Gasteiger partial charge < -0.3 is 10.3 Å². The first-order valence-corrected chi connectivity index (χ1v) is 8.78. The highest BCUT2D eigenvalue weighted by molar-refractivity contribution is 8.00. The van der Waals surface area contributed by atoms with Crippen LogP contribution in [0.2, 0.25) is 5.02 Å². The molecular weight excluding hydrogens is 334 g/mol. The van der Waals surface area contributed by atoms with E-state index in [1.54, 1.807) is 24.3 Å². The quantitative estimate of drug-likeness (QED) is 0.657. The van der Waals surface area contributed by atoms with E-state index in [-0.39, 0.29) is 17.3 Å². The molecule has 7 heteroatoms. The molecule has 1 aromatic carbocycles. The highest BCUT2D eigenvalue weighted by Gasteiger charge is 2.17. The molecule has 120 valence electrons. The summed E-state index contributed by atoms with van der Waals surface area (Å²) in [6.45, 7) is 0. The van der Waals surface area contributed by atoms with Gasteiger partial charge in [0.2, 0.25) is 5.91 Å². The van der Waals surface area contributed by atoms with Gasteiger partial charge in [-0.3, -0.25) is 4.79 Å². The Labute approximate surface area is 142 Å². The lowest BCUT2D eigenvalue weighted by atomic mass is 9.98. The number of halogens is 1. The van der Waals surface area contributed by atoms with Crippen molar-refractivity contribution in [2.45, 2.75) is 30.7 Å². The number of fused-ring (bicyclic) bond motifs is 1. The third-order valence-corrected chi connectivity index (χ3v) is 4.89. The Morgan fingerprint density at radius 1 is 1.35 bits per heavy atom. The van der Waals surface area contributed by atoms with Gasteiger partial charge in [0, 0.05) is 22.0 Å². The standard InChI is InChI=1S/C16H16ClN3O2S/c17-10-4-3-5-11(8-10)18-14(21)9-23-15-12-6-1-2-7-13(12)19-16(22)20-15/h3-5,8H,1-2,6-7,9H2,(H,18,21)(H,19,20,22). The van der Waals surface area contributed by atoms with E-state index in [0.717, 1.165) is 36.9 Å². The highest BCUT2D eigenvalue weighted by atomic mass is 35.5. The van der Waals surface area contributed by atoms with Crippen molar-refractivity contribution in [2.75, 3.05) is 11.1 Å². The molecule has 5 nitrogen and oxygen atoms in total. The first kappa shape index (κ1) is 16.1. The summed E-state index contributed by atoms with van der Waals surface area (Å²) in [6, 6.07) is 7.00. The molecule has 23 heavy (non-hydrogen) atoms. The predicted molar refractivity (Wildman–Crippen MR) is 92.3 cm³/mol. The van der Waals surface area contributed by atoms with E-state index in [4.69, 9.17) is 11.6 Å². The lowest BCUT2D eigenvalue weighted by Gasteiger charge is -2.17. The molecule has 0 fully saturated rings. The zero-order chi connectivity index (χ0) is 16.2. The lowest BCUT2D eigenvalue weighted by molar-refractivity contribution is -0.113. The fraction of sp³-hybridized carbons (Fsp3) is 0.312. The third kappa shape index (κ3) is 4.14. The summed E-state index contributed by atoms with van der Waals surface area (Å²) in [6.07, 6.45) is 3.93. The SMILES string of the molecule is O=C(CSc1nc(=O)[nH]c2c1CCCC2)Nc1cccc(Cl)c1. The number of aromatic amines is 1. The van der Waals surface area contributed by atoms with Crippen LogP contribution in [0.5, 0.6) is 0 Å². The number of hydrogen-bond acceptors (Lipinski definition) is 4. The highest BCUT2D eigenvalue weighted by Crippen LogP contribution is 2.27. The molecule has 1 heterocycles. The molecule has 0 saturated carbocycles. The number of H-pyrrole nitrogens is 1. The van der Waals surface area contributed by atoms with Gasteiger partial charge in [0.25, 0.3) is 0 Å². The van der Waals surface area contributed by atoms with Crippen LogP contribution in [0.4, 0.5) is 5.69 Å². The van der Waals surface area contributed by atoms with Crippen LogP contribution >= 0.6 is 23.4 Å². The molecule has 0 unspecified atom stereocenters. The summed E-state index contributed by atoms with van der Waals surface area (Å²) < 4.78 is 0. The summed E-state index contributed by atoms with van der Waals surface area (Å²) in [7, 11) is 0. The fourth-order valence-corrected chi connectivity index (χ4v) is 3.69. The number of nitrogens with zero attached hydrogens (tertiary/aromatic N) is 1. The van der Waals surface area contributed by atoms with Crippen LogP contribution in [0.1, 0.15) is 24.1 Å². The van der Waals surface area contributed by atoms with Crippen LogP contribution in [0, 0.1) is 0 Å². The largest absolute Gasteiger partial charge is 0.346 e. The second-order valence-corrected chi connectivity index (χ2v) is 6.76. The number of aryl methyl sites for hydroxylation is 1. The van der Waals surface area contributed by atoms with E-state index in [2.05, 4.69) is 15.3 Å². The monoisotopic (exact) mass is 349 g/mol. The Balaban J connectivity index is 1.67. The minimum Gasteiger partial charge on any atom is -0.325 e. The molecule has 1 aliphatic carbocycles. The van der Waals surface area contributed by atoms with Crippen LogP contribution in [-0.4, -0.2) is 21.6 Å². The number of aromatic nitrogens is 2. The molecule has 1 amide bonds. The summed E-state index contributed by atoms with van der Waals surface area (Å²) in [4.78, 5) is 30.5. The molecule has 1 aliphatic rings. The fourth-order valence-electron chi connectivity index (χ4n) is 2.61. The average molecular weight is 350 g/mol. The number of carbonyl (C=O) groups excluding carboxylic acids is 1. The Morgan fingerprint density at radius 3 is 3.00 bits per heavy atom. The van der Waals surface area contributed by atoms with Crippen LogP contribution in [0.15, 0.2) is 34.1 Å². The molecule has 0 radical (unpaired) electrons. The second-order valence-electron chi connectivity index (χ2n) is 5.36. The Morgan fingerprint density at radius 2 is 2.17 bits per heavy atom. The number of rotatable bonds is 4. The zero-order valence-corrected chi connectivity index (χ0v) is 14.0. The molecule has 2 N–H and O–H groups in total. The van der Waals surface area contributed by atoms with Crippen LogP contribution in [-0.2, 0) is 17.6 Å². The molecule has 1 aromatic heterocycles.